The SMILES string of the molecule is CCOC(=O)N[C@H](COS(=O)(=O)c1ccc(C)cc1)c1cccc(C(F)(F)F)c1. The molecular formula is C19H20F3NO5S. The first-order chi connectivity index (χ1) is 13.5. The Hall–Kier alpha value is -2.59. The van der Waals surface area contributed by atoms with Gasteiger partial charge in [-0.2, -0.15) is 21.6 Å². The number of amides is 1. The monoisotopic (exact) mass is 431 g/mol. The van der Waals surface area contributed by atoms with Gasteiger partial charge >= 0.3 is 12.3 Å². The number of halogens is 3. The quantitative estimate of drug-likeness (QED) is 0.665. The number of hydrogen-bond donors (Lipinski definition) is 1. The molecule has 0 radical (unpaired) electrons. The van der Waals surface area contributed by atoms with Gasteiger partial charge in [0.1, 0.15) is 0 Å². The molecule has 0 aliphatic rings. The van der Waals surface area contributed by atoms with Gasteiger partial charge in [0.2, 0.25) is 0 Å². The van der Waals surface area contributed by atoms with Gasteiger partial charge in [0.05, 0.1) is 29.7 Å². The van der Waals surface area contributed by atoms with Crippen molar-refractivity contribution >= 4 is 16.2 Å². The van der Waals surface area contributed by atoms with Gasteiger partial charge in [-0.15, -0.1) is 0 Å². The van der Waals surface area contributed by atoms with E-state index in [2.05, 4.69) is 5.32 Å². The number of hydrogen-bond acceptors (Lipinski definition) is 5. The van der Waals surface area contributed by atoms with E-state index in [0.29, 0.717) is 0 Å². The predicted octanol–water partition coefficient (Wildman–Crippen LogP) is 4.21. The second kappa shape index (κ2) is 9.27. The molecule has 0 heterocycles. The molecule has 0 fully saturated rings. The summed E-state index contributed by atoms with van der Waals surface area (Å²) in [6, 6.07) is 8.85. The van der Waals surface area contributed by atoms with Gasteiger partial charge in [-0.05, 0) is 43.7 Å². The number of alkyl halides is 3. The third-order valence-corrected chi connectivity index (χ3v) is 5.18. The average Bonchev–Trinajstić information content (AvgIpc) is 2.65. The van der Waals surface area contributed by atoms with Crippen LogP contribution >= 0.6 is 0 Å². The molecule has 0 aliphatic heterocycles. The van der Waals surface area contributed by atoms with Crippen LogP contribution in [0.3, 0.4) is 0 Å². The van der Waals surface area contributed by atoms with Crippen LogP contribution in [0.2, 0.25) is 0 Å². The largest absolute Gasteiger partial charge is 0.450 e. The van der Waals surface area contributed by atoms with Crippen molar-refractivity contribution in [2.45, 2.75) is 31.0 Å². The zero-order valence-corrected chi connectivity index (χ0v) is 16.5. The molecule has 10 heteroatoms. The van der Waals surface area contributed by atoms with E-state index in [9.17, 15) is 26.4 Å². The fourth-order valence-electron chi connectivity index (χ4n) is 2.40. The van der Waals surface area contributed by atoms with Gasteiger partial charge in [0.15, 0.2) is 0 Å². The molecule has 0 aromatic heterocycles. The number of ether oxygens (including phenoxy) is 1. The van der Waals surface area contributed by atoms with Crippen LogP contribution in [0.1, 0.15) is 29.7 Å². The van der Waals surface area contributed by atoms with Gasteiger partial charge in [-0.3, -0.25) is 4.18 Å². The van der Waals surface area contributed by atoms with Crippen LogP contribution in [0, 0.1) is 6.92 Å². The Balaban J connectivity index is 2.27. The molecule has 0 saturated carbocycles. The van der Waals surface area contributed by atoms with Crippen molar-refractivity contribution in [1.82, 2.24) is 5.32 Å². The summed E-state index contributed by atoms with van der Waals surface area (Å²) in [5.41, 5.74) is -0.0752. The molecule has 1 N–H and O–H groups in total. The zero-order valence-electron chi connectivity index (χ0n) is 15.7. The van der Waals surface area contributed by atoms with Crippen molar-refractivity contribution in [3.8, 4) is 0 Å². The zero-order chi connectivity index (χ0) is 21.7. The summed E-state index contributed by atoms with van der Waals surface area (Å²) in [4.78, 5) is 11.7. The highest BCUT2D eigenvalue weighted by Crippen LogP contribution is 2.31. The lowest BCUT2D eigenvalue weighted by molar-refractivity contribution is -0.137. The molecule has 2 aromatic rings. The van der Waals surface area contributed by atoms with Crippen LogP contribution < -0.4 is 5.32 Å². The molecule has 2 aromatic carbocycles. The highest BCUT2D eigenvalue weighted by molar-refractivity contribution is 7.86. The molecule has 2 rings (SSSR count). The van der Waals surface area contributed by atoms with Crippen molar-refractivity contribution in [3.05, 3.63) is 65.2 Å². The molecule has 0 bridgehead atoms. The van der Waals surface area contributed by atoms with Gasteiger partial charge in [-0.25, -0.2) is 4.79 Å². The van der Waals surface area contributed by atoms with Crippen molar-refractivity contribution in [2.24, 2.45) is 0 Å². The molecular weight excluding hydrogens is 411 g/mol. The molecule has 29 heavy (non-hydrogen) atoms. The van der Waals surface area contributed by atoms with Crippen molar-refractivity contribution in [2.75, 3.05) is 13.2 Å². The van der Waals surface area contributed by atoms with E-state index in [1.807, 2.05) is 0 Å². The third-order valence-electron chi connectivity index (χ3n) is 3.88. The summed E-state index contributed by atoms with van der Waals surface area (Å²) in [5, 5.41) is 2.33. The van der Waals surface area contributed by atoms with Crippen LogP contribution in [0.15, 0.2) is 53.4 Å². The first-order valence-corrected chi connectivity index (χ1v) is 10.0. The number of carbonyl (C=O) groups excluding carboxylic acids is 1. The number of aryl methyl sites for hydroxylation is 1. The number of nitrogens with one attached hydrogen (secondary N) is 1. The maximum atomic E-state index is 13.0. The lowest BCUT2D eigenvalue weighted by Crippen LogP contribution is -2.33. The number of carbonyl (C=O) groups is 1. The van der Waals surface area contributed by atoms with E-state index in [1.165, 1.54) is 18.2 Å². The minimum atomic E-state index is -4.60. The third kappa shape index (κ3) is 6.47. The summed E-state index contributed by atoms with van der Waals surface area (Å²) in [7, 11) is -4.18. The van der Waals surface area contributed by atoms with E-state index < -0.39 is 40.6 Å². The van der Waals surface area contributed by atoms with E-state index in [1.54, 1.807) is 26.0 Å². The second-order valence-electron chi connectivity index (χ2n) is 6.09. The highest BCUT2D eigenvalue weighted by atomic mass is 32.2. The first-order valence-electron chi connectivity index (χ1n) is 8.59. The lowest BCUT2D eigenvalue weighted by Gasteiger charge is -2.20. The topological polar surface area (TPSA) is 81.7 Å². The summed E-state index contributed by atoms with van der Waals surface area (Å²) in [5.74, 6) is 0. The molecule has 1 atom stereocenters. The molecule has 0 saturated heterocycles. The Morgan fingerprint density at radius 3 is 2.38 bits per heavy atom. The lowest BCUT2D eigenvalue weighted by atomic mass is 10.0. The molecule has 0 spiro atoms. The van der Waals surface area contributed by atoms with Crippen LogP contribution in [-0.2, 0) is 25.2 Å². The average molecular weight is 431 g/mol. The predicted molar refractivity (Wildman–Crippen MR) is 98.7 cm³/mol. The first kappa shape index (κ1) is 22.7. The summed E-state index contributed by atoms with van der Waals surface area (Å²) < 4.78 is 73.5. The number of rotatable bonds is 7. The van der Waals surface area contributed by atoms with Crippen molar-refractivity contribution in [1.29, 1.82) is 0 Å². The second-order valence-corrected chi connectivity index (χ2v) is 7.71. The molecule has 158 valence electrons. The van der Waals surface area contributed by atoms with Crippen molar-refractivity contribution in [3.63, 3.8) is 0 Å². The van der Waals surface area contributed by atoms with Crippen LogP contribution in [0.25, 0.3) is 0 Å². The molecule has 0 aliphatic carbocycles. The number of benzene rings is 2. The van der Waals surface area contributed by atoms with Gasteiger partial charge in [0, 0.05) is 0 Å². The van der Waals surface area contributed by atoms with E-state index in [-0.39, 0.29) is 17.1 Å². The van der Waals surface area contributed by atoms with Crippen molar-refractivity contribution < 1.29 is 35.3 Å². The molecule has 0 unspecified atom stereocenters. The Kier molecular flexibility index (Phi) is 7.26. The van der Waals surface area contributed by atoms with Gasteiger partial charge in [0.25, 0.3) is 10.1 Å². The Morgan fingerprint density at radius 2 is 1.79 bits per heavy atom. The highest BCUT2D eigenvalue weighted by Gasteiger charge is 2.31. The summed E-state index contributed by atoms with van der Waals surface area (Å²) in [6.07, 6.45) is -5.51. The van der Waals surface area contributed by atoms with Crippen LogP contribution in [-0.4, -0.2) is 27.7 Å². The number of alkyl carbamates (subject to hydrolysis) is 1. The van der Waals surface area contributed by atoms with E-state index >= 15 is 0 Å². The fourth-order valence-corrected chi connectivity index (χ4v) is 3.32. The minimum absolute atomic E-state index is 0.0204. The van der Waals surface area contributed by atoms with Gasteiger partial charge in [-0.1, -0.05) is 29.8 Å². The maximum absolute atomic E-state index is 13.0. The van der Waals surface area contributed by atoms with Crippen LogP contribution in [0.4, 0.5) is 18.0 Å². The normalized spacial score (nSPS) is 13.0. The smallest absolute Gasteiger partial charge is 0.416 e. The maximum Gasteiger partial charge on any atom is 0.416 e. The standard InChI is InChI=1S/C19H20F3NO5S/c1-3-27-18(24)23-17(14-5-4-6-15(11-14)19(20,21)22)12-28-29(25,26)16-9-7-13(2)8-10-16/h4-11,17H,3,12H2,1-2H3,(H,23,24)/t17-/m1/s1. The minimum Gasteiger partial charge on any atom is -0.450 e. The van der Waals surface area contributed by atoms with E-state index in [4.69, 9.17) is 8.92 Å². The Morgan fingerprint density at radius 1 is 1.14 bits per heavy atom. The fraction of sp³-hybridized carbons (Fsp3) is 0.316. The van der Waals surface area contributed by atoms with Gasteiger partial charge < -0.3 is 10.1 Å². The summed E-state index contributed by atoms with van der Waals surface area (Å²) in [6.45, 7) is 2.75. The summed E-state index contributed by atoms with van der Waals surface area (Å²) >= 11 is 0. The van der Waals surface area contributed by atoms with Crippen LogP contribution in [0.5, 0.6) is 0 Å². The molecule has 1 amide bonds. The Labute approximate surface area is 166 Å². The Bertz CT molecular complexity index is 943. The van der Waals surface area contributed by atoms with E-state index in [0.717, 1.165) is 23.8 Å². The molecule has 6 nitrogen and oxygen atoms in total.